The molecular weight excluding hydrogens is 354 g/mol. The maximum atomic E-state index is 12.2. The molecule has 3 rings (SSSR count). The van der Waals surface area contributed by atoms with E-state index in [1.54, 1.807) is 0 Å². The van der Waals surface area contributed by atoms with Crippen LogP contribution in [0.4, 0.5) is 10.5 Å². The van der Waals surface area contributed by atoms with Gasteiger partial charge in [-0.15, -0.1) is 0 Å². The Bertz CT molecular complexity index is 731. The van der Waals surface area contributed by atoms with E-state index in [1.165, 1.54) is 0 Å². The average molecular weight is 383 g/mol. The fourth-order valence-corrected chi connectivity index (χ4v) is 3.25. The van der Waals surface area contributed by atoms with Gasteiger partial charge in [0.15, 0.2) is 0 Å². The number of anilines is 1. The molecule has 6 nitrogen and oxygen atoms in total. The molecule has 0 aromatic heterocycles. The Morgan fingerprint density at radius 2 is 1.79 bits per heavy atom. The number of rotatable bonds is 8. The zero-order valence-electron chi connectivity index (χ0n) is 16.1. The number of likely N-dealkylation sites (tertiary alicyclic amines) is 1. The lowest BCUT2D eigenvalue weighted by Crippen LogP contribution is -2.38. The zero-order valence-corrected chi connectivity index (χ0v) is 16.1. The van der Waals surface area contributed by atoms with Gasteiger partial charge in [-0.1, -0.05) is 42.5 Å². The number of carbonyl (C=O) groups excluding carboxylic acids is 1. The molecule has 0 radical (unpaired) electrons. The number of urea groups is 1. The van der Waals surface area contributed by atoms with Crippen LogP contribution in [0.1, 0.15) is 24.8 Å². The predicted octanol–water partition coefficient (Wildman–Crippen LogP) is 3.23. The van der Waals surface area contributed by atoms with E-state index < -0.39 is 0 Å². The van der Waals surface area contributed by atoms with E-state index in [0.717, 1.165) is 44.5 Å². The number of ether oxygens (including phenoxy) is 1. The molecule has 6 heteroatoms. The molecule has 0 aliphatic carbocycles. The van der Waals surface area contributed by atoms with Crippen molar-refractivity contribution in [3.05, 3.63) is 60.2 Å². The van der Waals surface area contributed by atoms with Gasteiger partial charge in [0, 0.05) is 19.6 Å². The van der Waals surface area contributed by atoms with Crippen molar-refractivity contribution in [1.29, 1.82) is 0 Å². The molecule has 2 aromatic carbocycles. The highest BCUT2D eigenvalue weighted by Gasteiger charge is 2.16. The topological polar surface area (TPSA) is 73.8 Å². The average Bonchev–Trinajstić information content (AvgIpc) is 2.73. The largest absolute Gasteiger partial charge is 0.487 e. The van der Waals surface area contributed by atoms with Crippen LogP contribution >= 0.6 is 0 Å². The Kier molecular flexibility index (Phi) is 7.70. The van der Waals surface area contributed by atoms with Crippen molar-refractivity contribution in [1.82, 2.24) is 10.2 Å². The summed E-state index contributed by atoms with van der Waals surface area (Å²) in [6, 6.07) is 17.1. The molecule has 1 aliphatic rings. The van der Waals surface area contributed by atoms with Crippen molar-refractivity contribution in [2.24, 2.45) is 0 Å². The molecule has 1 heterocycles. The number of benzene rings is 2. The summed E-state index contributed by atoms with van der Waals surface area (Å²) >= 11 is 0. The molecule has 1 aliphatic heterocycles. The minimum atomic E-state index is -0.232. The van der Waals surface area contributed by atoms with Crippen LogP contribution in [0.5, 0.6) is 5.75 Å². The summed E-state index contributed by atoms with van der Waals surface area (Å²) < 4.78 is 5.87. The second-order valence-electron chi connectivity index (χ2n) is 7.08. The van der Waals surface area contributed by atoms with Gasteiger partial charge >= 0.3 is 6.03 Å². The van der Waals surface area contributed by atoms with Gasteiger partial charge in [-0.3, -0.25) is 0 Å². The van der Waals surface area contributed by atoms with E-state index in [2.05, 4.69) is 15.5 Å². The summed E-state index contributed by atoms with van der Waals surface area (Å²) in [7, 11) is 0. The second kappa shape index (κ2) is 10.7. The van der Waals surface area contributed by atoms with Gasteiger partial charge in [0.05, 0.1) is 11.8 Å². The highest BCUT2D eigenvalue weighted by atomic mass is 16.5. The monoisotopic (exact) mass is 383 g/mol. The Hall–Kier alpha value is -2.57. The van der Waals surface area contributed by atoms with E-state index in [4.69, 9.17) is 4.74 Å². The molecule has 0 unspecified atom stereocenters. The molecule has 1 saturated heterocycles. The Morgan fingerprint density at radius 3 is 2.57 bits per heavy atom. The Labute approximate surface area is 166 Å². The summed E-state index contributed by atoms with van der Waals surface area (Å²) in [6.45, 7) is 3.85. The first-order valence-corrected chi connectivity index (χ1v) is 9.92. The molecule has 0 bridgehead atoms. The number of carbonyl (C=O) groups is 1. The highest BCUT2D eigenvalue weighted by Crippen LogP contribution is 2.24. The lowest BCUT2D eigenvalue weighted by molar-refractivity contribution is 0.0822. The van der Waals surface area contributed by atoms with Crippen LogP contribution in [0, 0.1) is 0 Å². The smallest absolute Gasteiger partial charge is 0.319 e. The van der Waals surface area contributed by atoms with Gasteiger partial charge in [0.25, 0.3) is 0 Å². The molecule has 150 valence electrons. The molecule has 0 saturated carbocycles. The fraction of sp³-hybridized carbons (Fsp3) is 0.409. The van der Waals surface area contributed by atoms with Crippen molar-refractivity contribution in [2.45, 2.75) is 32.0 Å². The molecule has 3 N–H and O–H groups in total. The first kappa shape index (κ1) is 20.2. The van der Waals surface area contributed by atoms with Crippen molar-refractivity contribution < 1.29 is 14.6 Å². The summed E-state index contributed by atoms with van der Waals surface area (Å²) in [4.78, 5) is 14.5. The SMILES string of the molecule is O=C(NCCCN1CCC(O)CC1)Nc1ccccc1OCc1ccccc1. The number of aliphatic hydroxyl groups excluding tert-OH is 1. The van der Waals surface area contributed by atoms with Crippen LogP contribution in [0.3, 0.4) is 0 Å². The Morgan fingerprint density at radius 1 is 1.07 bits per heavy atom. The van der Waals surface area contributed by atoms with Crippen LogP contribution in [0.2, 0.25) is 0 Å². The van der Waals surface area contributed by atoms with E-state index in [-0.39, 0.29) is 12.1 Å². The lowest BCUT2D eigenvalue weighted by Gasteiger charge is -2.29. The first-order valence-electron chi connectivity index (χ1n) is 9.92. The summed E-state index contributed by atoms with van der Waals surface area (Å²) in [5.74, 6) is 0.647. The molecule has 0 atom stereocenters. The molecule has 0 spiro atoms. The third-order valence-electron chi connectivity index (χ3n) is 4.87. The van der Waals surface area contributed by atoms with Gasteiger partial charge in [0.2, 0.25) is 0 Å². The third kappa shape index (κ3) is 6.55. The van der Waals surface area contributed by atoms with E-state index in [0.29, 0.717) is 24.6 Å². The van der Waals surface area contributed by atoms with Crippen LogP contribution in [-0.2, 0) is 6.61 Å². The number of nitrogens with one attached hydrogen (secondary N) is 2. The van der Waals surface area contributed by atoms with Crippen LogP contribution in [-0.4, -0.2) is 48.3 Å². The first-order chi connectivity index (χ1) is 13.7. The maximum absolute atomic E-state index is 12.2. The number of nitrogens with zero attached hydrogens (tertiary/aromatic N) is 1. The van der Waals surface area contributed by atoms with Gasteiger partial charge < -0.3 is 25.4 Å². The van der Waals surface area contributed by atoms with Crippen molar-refractivity contribution >= 4 is 11.7 Å². The number of hydrogen-bond donors (Lipinski definition) is 3. The number of hydrogen-bond acceptors (Lipinski definition) is 4. The van der Waals surface area contributed by atoms with Gasteiger partial charge in [-0.25, -0.2) is 4.79 Å². The highest BCUT2D eigenvalue weighted by molar-refractivity contribution is 5.90. The van der Waals surface area contributed by atoms with Gasteiger partial charge in [0.1, 0.15) is 12.4 Å². The molecule has 28 heavy (non-hydrogen) atoms. The summed E-state index contributed by atoms with van der Waals surface area (Å²) in [5, 5.41) is 15.3. The van der Waals surface area contributed by atoms with Crippen molar-refractivity contribution in [3.63, 3.8) is 0 Å². The molecule has 2 amide bonds. The number of piperidine rings is 1. The van der Waals surface area contributed by atoms with E-state index >= 15 is 0 Å². The van der Waals surface area contributed by atoms with Gasteiger partial charge in [-0.05, 0) is 43.5 Å². The van der Waals surface area contributed by atoms with Crippen LogP contribution in [0.25, 0.3) is 0 Å². The minimum Gasteiger partial charge on any atom is -0.487 e. The number of aliphatic hydroxyl groups is 1. The normalized spacial score (nSPS) is 15.2. The summed E-state index contributed by atoms with van der Waals surface area (Å²) in [6.07, 6.45) is 2.42. The van der Waals surface area contributed by atoms with E-state index in [9.17, 15) is 9.90 Å². The maximum Gasteiger partial charge on any atom is 0.319 e. The van der Waals surface area contributed by atoms with Crippen LogP contribution in [0.15, 0.2) is 54.6 Å². The fourth-order valence-electron chi connectivity index (χ4n) is 3.25. The second-order valence-corrected chi connectivity index (χ2v) is 7.08. The Balaban J connectivity index is 1.40. The zero-order chi connectivity index (χ0) is 19.6. The number of para-hydroxylation sites is 2. The molecule has 1 fully saturated rings. The summed E-state index contributed by atoms with van der Waals surface area (Å²) in [5.41, 5.74) is 1.73. The quantitative estimate of drug-likeness (QED) is 0.612. The number of amides is 2. The minimum absolute atomic E-state index is 0.149. The predicted molar refractivity (Wildman–Crippen MR) is 111 cm³/mol. The van der Waals surface area contributed by atoms with Crippen LogP contribution < -0.4 is 15.4 Å². The third-order valence-corrected chi connectivity index (χ3v) is 4.87. The van der Waals surface area contributed by atoms with Crippen molar-refractivity contribution in [2.75, 3.05) is 31.5 Å². The lowest BCUT2D eigenvalue weighted by atomic mass is 10.1. The van der Waals surface area contributed by atoms with E-state index in [1.807, 2.05) is 54.6 Å². The standard InChI is InChI=1S/C22H29N3O3/c26-19-11-15-25(16-12-19)14-6-13-23-22(27)24-20-9-4-5-10-21(20)28-17-18-7-2-1-3-8-18/h1-5,7-10,19,26H,6,11-17H2,(H2,23,24,27). The van der Waals surface area contributed by atoms with Crippen molar-refractivity contribution in [3.8, 4) is 5.75 Å². The van der Waals surface area contributed by atoms with Gasteiger partial charge in [-0.2, -0.15) is 0 Å². The molecule has 2 aromatic rings. The molecular formula is C22H29N3O3.